The van der Waals surface area contributed by atoms with E-state index in [-0.39, 0.29) is 11.9 Å². The van der Waals surface area contributed by atoms with Gasteiger partial charge in [0.05, 0.1) is 0 Å². The Morgan fingerprint density at radius 1 is 1.57 bits per heavy atom. The van der Waals surface area contributed by atoms with Crippen LogP contribution in [0, 0.1) is 0 Å². The fourth-order valence-electron chi connectivity index (χ4n) is 1.64. The number of aryl methyl sites for hydroxylation is 1. The molecule has 2 nitrogen and oxygen atoms in total. The predicted octanol–water partition coefficient (Wildman–Crippen LogP) is 2.73. The van der Waals surface area contributed by atoms with Crippen LogP contribution in [0.2, 0.25) is 0 Å². The summed E-state index contributed by atoms with van der Waals surface area (Å²) in [5, 5.41) is 0. The van der Waals surface area contributed by atoms with Crippen LogP contribution in [-0.2, 0) is 11.2 Å². The van der Waals surface area contributed by atoms with Gasteiger partial charge in [0, 0.05) is 4.47 Å². The lowest BCUT2D eigenvalue weighted by Crippen LogP contribution is -2.29. The van der Waals surface area contributed by atoms with Crippen molar-refractivity contribution in [3.8, 4) is 5.75 Å². The first-order valence-corrected chi connectivity index (χ1v) is 5.41. The van der Waals surface area contributed by atoms with Gasteiger partial charge in [0.15, 0.2) is 11.9 Å². The number of Topliss-reactive ketones (excluding diaryl/α,β-unsaturated/α-hetero) is 1. The van der Waals surface area contributed by atoms with Crippen LogP contribution in [0.1, 0.15) is 18.9 Å². The summed E-state index contributed by atoms with van der Waals surface area (Å²) in [6.07, 6.45) is 1.46. The topological polar surface area (TPSA) is 26.3 Å². The zero-order valence-electron chi connectivity index (χ0n) is 7.92. The van der Waals surface area contributed by atoms with Gasteiger partial charge in [-0.2, -0.15) is 0 Å². The summed E-state index contributed by atoms with van der Waals surface area (Å²) >= 11 is 3.41. The van der Waals surface area contributed by atoms with E-state index in [1.165, 1.54) is 5.56 Å². The van der Waals surface area contributed by atoms with Crippen LogP contribution in [0.25, 0.3) is 0 Å². The van der Waals surface area contributed by atoms with Crippen molar-refractivity contribution in [2.75, 3.05) is 0 Å². The molecule has 0 spiro atoms. The lowest BCUT2D eigenvalue weighted by atomic mass is 10.0. The van der Waals surface area contributed by atoms with Gasteiger partial charge in [-0.3, -0.25) is 4.79 Å². The van der Waals surface area contributed by atoms with E-state index in [4.69, 9.17) is 4.74 Å². The summed E-state index contributed by atoms with van der Waals surface area (Å²) in [5.74, 6) is 0.957. The second-order valence-electron chi connectivity index (χ2n) is 3.51. The quantitative estimate of drug-likeness (QED) is 0.771. The first-order chi connectivity index (χ1) is 6.66. The lowest BCUT2D eigenvalue weighted by molar-refractivity contribution is -0.124. The Labute approximate surface area is 91.4 Å². The summed E-state index contributed by atoms with van der Waals surface area (Å²) in [7, 11) is 0. The van der Waals surface area contributed by atoms with E-state index in [2.05, 4.69) is 15.9 Å². The van der Waals surface area contributed by atoms with E-state index in [1.807, 2.05) is 18.2 Å². The lowest BCUT2D eigenvalue weighted by Gasteiger charge is -2.24. The van der Waals surface area contributed by atoms with Crippen molar-refractivity contribution in [1.82, 2.24) is 0 Å². The normalized spacial score (nSPS) is 19.7. The predicted molar refractivity (Wildman–Crippen MR) is 57.6 cm³/mol. The van der Waals surface area contributed by atoms with E-state index < -0.39 is 0 Å². The van der Waals surface area contributed by atoms with E-state index >= 15 is 0 Å². The Bertz CT molecular complexity index is 374. The first-order valence-electron chi connectivity index (χ1n) is 4.62. The number of ketones is 1. The van der Waals surface area contributed by atoms with Crippen molar-refractivity contribution in [1.29, 1.82) is 0 Å². The Morgan fingerprint density at radius 2 is 2.36 bits per heavy atom. The fourth-order valence-corrected chi connectivity index (χ4v) is 2.05. The maximum absolute atomic E-state index is 11.1. The number of carbonyl (C=O) groups excluding carboxylic acids is 1. The molecule has 0 fully saturated rings. The minimum Gasteiger partial charge on any atom is -0.482 e. The molecule has 1 aromatic rings. The molecule has 0 amide bonds. The standard InChI is InChI=1S/C11H11BrO2/c1-7(13)10-4-2-8-6-9(12)3-5-11(8)14-10/h3,5-6,10H,2,4H2,1H3/t10-/m1/s1. The van der Waals surface area contributed by atoms with Crippen LogP contribution in [0.3, 0.4) is 0 Å². The van der Waals surface area contributed by atoms with Gasteiger partial charge in [-0.1, -0.05) is 15.9 Å². The first kappa shape index (κ1) is 9.71. The minimum absolute atomic E-state index is 0.110. The molecule has 2 rings (SSSR count). The second-order valence-corrected chi connectivity index (χ2v) is 4.42. The van der Waals surface area contributed by atoms with Crippen molar-refractivity contribution in [2.24, 2.45) is 0 Å². The minimum atomic E-state index is -0.247. The van der Waals surface area contributed by atoms with Crippen molar-refractivity contribution in [3.05, 3.63) is 28.2 Å². The molecule has 1 aromatic carbocycles. The molecule has 0 unspecified atom stereocenters. The number of carbonyl (C=O) groups is 1. The Hall–Kier alpha value is -0.830. The third-order valence-electron chi connectivity index (χ3n) is 2.42. The number of halogens is 1. The van der Waals surface area contributed by atoms with E-state index in [9.17, 15) is 4.79 Å². The average Bonchev–Trinajstić information content (AvgIpc) is 2.16. The number of benzene rings is 1. The molecule has 1 aliphatic heterocycles. The zero-order valence-corrected chi connectivity index (χ0v) is 9.50. The Balaban J connectivity index is 2.27. The molecule has 0 N–H and O–H groups in total. The van der Waals surface area contributed by atoms with Crippen molar-refractivity contribution >= 4 is 21.7 Å². The Morgan fingerprint density at radius 3 is 3.07 bits per heavy atom. The zero-order chi connectivity index (χ0) is 10.1. The third-order valence-corrected chi connectivity index (χ3v) is 2.91. The monoisotopic (exact) mass is 254 g/mol. The van der Waals surface area contributed by atoms with Crippen LogP contribution < -0.4 is 4.74 Å². The molecular weight excluding hydrogens is 244 g/mol. The number of rotatable bonds is 1. The Kier molecular flexibility index (Phi) is 2.59. The van der Waals surface area contributed by atoms with E-state index in [0.717, 1.165) is 23.1 Å². The van der Waals surface area contributed by atoms with Gasteiger partial charge in [-0.15, -0.1) is 0 Å². The van der Waals surface area contributed by atoms with Gasteiger partial charge in [0.2, 0.25) is 0 Å². The molecule has 0 radical (unpaired) electrons. The molecule has 0 aliphatic carbocycles. The highest BCUT2D eigenvalue weighted by molar-refractivity contribution is 9.10. The van der Waals surface area contributed by atoms with Crippen molar-refractivity contribution in [2.45, 2.75) is 25.9 Å². The number of hydrogen-bond donors (Lipinski definition) is 0. The molecule has 0 saturated carbocycles. The highest BCUT2D eigenvalue weighted by atomic mass is 79.9. The molecule has 0 aromatic heterocycles. The summed E-state index contributed by atoms with van der Waals surface area (Å²) in [6, 6.07) is 5.89. The summed E-state index contributed by atoms with van der Waals surface area (Å²) in [4.78, 5) is 11.1. The molecule has 3 heteroatoms. The maximum Gasteiger partial charge on any atom is 0.170 e. The van der Waals surface area contributed by atoms with Crippen LogP contribution in [-0.4, -0.2) is 11.9 Å². The molecular formula is C11H11BrO2. The summed E-state index contributed by atoms with van der Waals surface area (Å²) in [6.45, 7) is 1.58. The van der Waals surface area contributed by atoms with Crippen LogP contribution in [0.5, 0.6) is 5.75 Å². The average molecular weight is 255 g/mol. The molecule has 74 valence electrons. The number of fused-ring (bicyclic) bond motifs is 1. The summed E-state index contributed by atoms with van der Waals surface area (Å²) in [5.41, 5.74) is 1.18. The van der Waals surface area contributed by atoms with Crippen LogP contribution in [0.15, 0.2) is 22.7 Å². The molecule has 1 heterocycles. The highest BCUT2D eigenvalue weighted by Gasteiger charge is 2.22. The molecule has 1 atom stereocenters. The van der Waals surface area contributed by atoms with Gasteiger partial charge in [0.25, 0.3) is 0 Å². The molecule has 0 bridgehead atoms. The van der Waals surface area contributed by atoms with Crippen LogP contribution in [0.4, 0.5) is 0 Å². The van der Waals surface area contributed by atoms with Crippen LogP contribution >= 0.6 is 15.9 Å². The van der Waals surface area contributed by atoms with Gasteiger partial charge in [-0.25, -0.2) is 0 Å². The van der Waals surface area contributed by atoms with Crippen molar-refractivity contribution in [3.63, 3.8) is 0 Å². The molecule has 14 heavy (non-hydrogen) atoms. The SMILES string of the molecule is CC(=O)[C@H]1CCc2cc(Br)ccc2O1. The van der Waals surface area contributed by atoms with E-state index in [0.29, 0.717) is 0 Å². The highest BCUT2D eigenvalue weighted by Crippen LogP contribution is 2.30. The number of ether oxygens (including phenoxy) is 1. The van der Waals surface area contributed by atoms with Gasteiger partial charge < -0.3 is 4.74 Å². The maximum atomic E-state index is 11.1. The summed E-state index contributed by atoms with van der Waals surface area (Å²) < 4.78 is 6.63. The fraction of sp³-hybridized carbons (Fsp3) is 0.364. The number of hydrogen-bond acceptors (Lipinski definition) is 2. The largest absolute Gasteiger partial charge is 0.482 e. The van der Waals surface area contributed by atoms with Gasteiger partial charge >= 0.3 is 0 Å². The van der Waals surface area contributed by atoms with Gasteiger partial charge in [0.1, 0.15) is 5.75 Å². The van der Waals surface area contributed by atoms with Crippen molar-refractivity contribution < 1.29 is 9.53 Å². The smallest absolute Gasteiger partial charge is 0.170 e. The molecule has 1 aliphatic rings. The second kappa shape index (κ2) is 3.73. The molecule has 0 saturated heterocycles. The van der Waals surface area contributed by atoms with Gasteiger partial charge in [-0.05, 0) is 43.5 Å². The van der Waals surface area contributed by atoms with E-state index in [1.54, 1.807) is 6.92 Å². The third kappa shape index (κ3) is 1.82.